The quantitative estimate of drug-likeness (QED) is 0.705. The van der Waals surface area contributed by atoms with Crippen molar-refractivity contribution in [3.63, 3.8) is 0 Å². The van der Waals surface area contributed by atoms with Crippen molar-refractivity contribution in [3.8, 4) is 10.4 Å². The van der Waals surface area contributed by atoms with Crippen LogP contribution >= 0.6 is 22.7 Å². The number of aromatic nitrogens is 3. The predicted octanol–water partition coefficient (Wildman–Crippen LogP) is 3.50. The predicted molar refractivity (Wildman–Crippen MR) is 105 cm³/mol. The van der Waals surface area contributed by atoms with Gasteiger partial charge in [0.15, 0.2) is 0 Å². The van der Waals surface area contributed by atoms with Gasteiger partial charge >= 0.3 is 0 Å². The second kappa shape index (κ2) is 6.54. The number of thiazole rings is 1. The van der Waals surface area contributed by atoms with E-state index >= 15 is 0 Å². The van der Waals surface area contributed by atoms with Gasteiger partial charge < -0.3 is 10.0 Å². The molecule has 1 aliphatic carbocycles. The summed E-state index contributed by atoms with van der Waals surface area (Å²) >= 11 is 3.06. The highest BCUT2D eigenvalue weighted by atomic mass is 32.1. The van der Waals surface area contributed by atoms with Crippen molar-refractivity contribution in [2.45, 2.75) is 37.3 Å². The lowest BCUT2D eigenvalue weighted by Crippen LogP contribution is -2.46. The van der Waals surface area contributed by atoms with E-state index in [1.807, 2.05) is 27.9 Å². The van der Waals surface area contributed by atoms with E-state index in [0.717, 1.165) is 40.4 Å². The Labute approximate surface area is 164 Å². The first-order chi connectivity index (χ1) is 13.1. The fraction of sp³-hybridized carbons (Fsp3) is 0.421. The van der Waals surface area contributed by atoms with Gasteiger partial charge in [-0.05, 0) is 31.2 Å². The van der Waals surface area contributed by atoms with E-state index in [1.54, 1.807) is 23.7 Å². The summed E-state index contributed by atoms with van der Waals surface area (Å²) in [4.78, 5) is 20.6. The lowest BCUT2D eigenvalue weighted by atomic mass is 9.91. The molecular formula is C19H20N4O2S2. The first kappa shape index (κ1) is 17.1. The van der Waals surface area contributed by atoms with Crippen LogP contribution in [-0.2, 0) is 5.60 Å². The van der Waals surface area contributed by atoms with E-state index in [2.05, 4.69) is 15.2 Å². The number of H-pyrrole nitrogens is 1. The molecule has 8 heteroatoms. The number of carbonyl (C=O) groups excluding carboxylic acids is 1. The van der Waals surface area contributed by atoms with Crippen molar-refractivity contribution in [1.82, 2.24) is 20.1 Å². The number of piperidine rings is 1. The minimum absolute atomic E-state index is 0.0686. The number of hydrogen-bond donors (Lipinski definition) is 2. The molecule has 0 aromatic carbocycles. The molecule has 6 nitrogen and oxygen atoms in total. The maximum Gasteiger partial charge on any atom is 0.254 e. The second-order valence-electron chi connectivity index (χ2n) is 7.43. The fourth-order valence-corrected chi connectivity index (χ4v) is 6.17. The van der Waals surface area contributed by atoms with Crippen molar-refractivity contribution < 1.29 is 9.90 Å². The van der Waals surface area contributed by atoms with Gasteiger partial charge in [0.1, 0.15) is 10.6 Å². The van der Waals surface area contributed by atoms with Gasteiger partial charge in [-0.25, -0.2) is 4.98 Å². The van der Waals surface area contributed by atoms with Crippen molar-refractivity contribution in [2.24, 2.45) is 5.92 Å². The lowest BCUT2D eigenvalue weighted by Gasteiger charge is -2.37. The summed E-state index contributed by atoms with van der Waals surface area (Å²) in [7, 11) is 0. The number of carbonyl (C=O) groups is 1. The zero-order chi connectivity index (χ0) is 18.4. The Morgan fingerprint density at radius 1 is 1.37 bits per heavy atom. The Bertz CT molecular complexity index is 937. The SMILES string of the molecule is O=C(c1csc(-c2cn[nH]c2)c1)N1CCCC2CC(O)(c3nccs3)CC21. The summed E-state index contributed by atoms with van der Waals surface area (Å²) in [6.07, 6.45) is 8.66. The summed E-state index contributed by atoms with van der Waals surface area (Å²) in [6, 6.07) is 2.03. The van der Waals surface area contributed by atoms with Gasteiger partial charge in [-0.2, -0.15) is 5.10 Å². The minimum Gasteiger partial charge on any atom is -0.383 e. The molecule has 1 saturated carbocycles. The Kier molecular flexibility index (Phi) is 4.14. The lowest BCUT2D eigenvalue weighted by molar-refractivity contribution is 0.0329. The van der Waals surface area contributed by atoms with E-state index in [0.29, 0.717) is 18.8 Å². The fourth-order valence-electron chi connectivity index (χ4n) is 4.55. The number of nitrogens with one attached hydrogen (secondary N) is 1. The molecule has 3 aromatic rings. The van der Waals surface area contributed by atoms with Crippen LogP contribution < -0.4 is 0 Å². The number of amides is 1. The Hall–Kier alpha value is -2.03. The molecule has 0 bridgehead atoms. The van der Waals surface area contributed by atoms with Crippen LogP contribution in [0.2, 0.25) is 0 Å². The van der Waals surface area contributed by atoms with Crippen LogP contribution in [0.4, 0.5) is 0 Å². The molecule has 0 radical (unpaired) electrons. The molecule has 3 aromatic heterocycles. The summed E-state index contributed by atoms with van der Waals surface area (Å²) in [5.41, 5.74) is 0.819. The van der Waals surface area contributed by atoms with E-state index in [-0.39, 0.29) is 11.9 Å². The summed E-state index contributed by atoms with van der Waals surface area (Å²) in [6.45, 7) is 0.755. The number of rotatable bonds is 3. The first-order valence-electron chi connectivity index (χ1n) is 9.15. The van der Waals surface area contributed by atoms with E-state index in [4.69, 9.17) is 0 Å². The van der Waals surface area contributed by atoms with E-state index in [9.17, 15) is 9.90 Å². The van der Waals surface area contributed by atoms with Crippen LogP contribution in [0.3, 0.4) is 0 Å². The molecule has 1 amide bonds. The van der Waals surface area contributed by atoms with Gasteiger partial charge in [0.25, 0.3) is 5.91 Å². The summed E-state index contributed by atoms with van der Waals surface area (Å²) in [5, 5.41) is 22.6. The van der Waals surface area contributed by atoms with Crippen molar-refractivity contribution in [1.29, 1.82) is 0 Å². The zero-order valence-corrected chi connectivity index (χ0v) is 16.3. The van der Waals surface area contributed by atoms with Crippen molar-refractivity contribution in [3.05, 3.63) is 46.0 Å². The van der Waals surface area contributed by atoms with Crippen molar-refractivity contribution >= 4 is 28.6 Å². The third kappa shape index (κ3) is 2.92. The highest BCUT2D eigenvalue weighted by Gasteiger charge is 2.50. The topological polar surface area (TPSA) is 82.1 Å². The number of fused-ring (bicyclic) bond motifs is 1. The highest BCUT2D eigenvalue weighted by Crippen LogP contribution is 2.48. The smallest absolute Gasteiger partial charge is 0.254 e. The van der Waals surface area contributed by atoms with Crippen LogP contribution in [0, 0.1) is 5.92 Å². The Balaban J connectivity index is 1.39. The molecular weight excluding hydrogens is 380 g/mol. The highest BCUT2D eigenvalue weighted by molar-refractivity contribution is 7.13. The molecule has 27 heavy (non-hydrogen) atoms. The van der Waals surface area contributed by atoms with Crippen LogP contribution in [-0.4, -0.2) is 43.7 Å². The molecule has 1 aliphatic heterocycles. The normalized spacial score (nSPS) is 27.7. The van der Waals surface area contributed by atoms with Gasteiger partial charge in [-0.1, -0.05) is 0 Å². The monoisotopic (exact) mass is 400 g/mol. The molecule has 3 unspecified atom stereocenters. The number of aromatic amines is 1. The summed E-state index contributed by atoms with van der Waals surface area (Å²) < 4.78 is 0. The number of likely N-dealkylation sites (tertiary alicyclic amines) is 1. The molecule has 1 saturated heterocycles. The number of hydrogen-bond acceptors (Lipinski definition) is 6. The Morgan fingerprint density at radius 3 is 3.07 bits per heavy atom. The maximum absolute atomic E-state index is 13.2. The summed E-state index contributed by atoms with van der Waals surface area (Å²) in [5.74, 6) is 0.405. The standard InChI is InChI=1S/C19H20N4O2S2/c24-17(13-6-16(27-11-13)14-9-21-22-10-14)23-4-1-2-12-7-19(25,8-15(12)23)18-20-3-5-26-18/h3,5-6,9-12,15,25H,1-2,4,7-8H2,(H,21,22). The molecule has 2 N–H and O–H groups in total. The van der Waals surface area contributed by atoms with Crippen LogP contribution in [0.25, 0.3) is 10.4 Å². The molecule has 3 atom stereocenters. The molecule has 0 spiro atoms. The number of aliphatic hydroxyl groups is 1. The van der Waals surface area contributed by atoms with Crippen LogP contribution in [0.5, 0.6) is 0 Å². The van der Waals surface area contributed by atoms with E-state index in [1.165, 1.54) is 11.3 Å². The van der Waals surface area contributed by atoms with Crippen LogP contribution in [0.1, 0.15) is 41.0 Å². The van der Waals surface area contributed by atoms with Crippen LogP contribution in [0.15, 0.2) is 35.4 Å². The first-order valence-corrected chi connectivity index (χ1v) is 10.9. The van der Waals surface area contributed by atoms with Gasteiger partial charge in [0.05, 0.1) is 11.8 Å². The molecule has 140 valence electrons. The number of nitrogens with zero attached hydrogens (tertiary/aromatic N) is 3. The van der Waals surface area contributed by atoms with Gasteiger partial charge in [-0.15, -0.1) is 22.7 Å². The molecule has 2 fully saturated rings. The largest absolute Gasteiger partial charge is 0.383 e. The molecule has 2 aliphatic rings. The molecule has 4 heterocycles. The second-order valence-corrected chi connectivity index (χ2v) is 9.24. The average Bonchev–Trinajstić information content (AvgIpc) is 3.47. The number of thiophene rings is 1. The Morgan fingerprint density at radius 2 is 2.30 bits per heavy atom. The van der Waals surface area contributed by atoms with Gasteiger partial charge in [0.2, 0.25) is 0 Å². The third-order valence-electron chi connectivity index (χ3n) is 5.79. The van der Waals surface area contributed by atoms with Gasteiger partial charge in [0, 0.05) is 52.6 Å². The van der Waals surface area contributed by atoms with E-state index < -0.39 is 5.60 Å². The minimum atomic E-state index is -0.900. The van der Waals surface area contributed by atoms with Crippen molar-refractivity contribution in [2.75, 3.05) is 6.54 Å². The average molecular weight is 401 g/mol. The maximum atomic E-state index is 13.2. The van der Waals surface area contributed by atoms with Gasteiger partial charge in [-0.3, -0.25) is 9.89 Å². The molecule has 5 rings (SSSR count). The third-order valence-corrected chi connectivity index (χ3v) is 7.73. The zero-order valence-electron chi connectivity index (χ0n) is 14.7.